The Labute approximate surface area is 74.5 Å². The summed E-state index contributed by atoms with van der Waals surface area (Å²) in [5.74, 6) is 0. The summed E-state index contributed by atoms with van der Waals surface area (Å²) < 4.78 is 0. The third kappa shape index (κ3) is 23.4. The predicted octanol–water partition coefficient (Wildman–Crippen LogP) is 2.19. The van der Waals surface area contributed by atoms with Crippen molar-refractivity contribution in [3.63, 3.8) is 0 Å². The Morgan fingerprint density at radius 2 is 1.83 bits per heavy atom. The SMILES string of the molecule is C/C=C\CC/C=C/C=O.C=CN. The van der Waals surface area contributed by atoms with E-state index in [1.54, 1.807) is 0 Å². The summed E-state index contributed by atoms with van der Waals surface area (Å²) >= 11 is 0. The molecule has 0 fully saturated rings. The van der Waals surface area contributed by atoms with E-state index in [1.165, 1.54) is 12.3 Å². The van der Waals surface area contributed by atoms with Gasteiger partial charge in [-0.15, -0.1) is 0 Å². The average Bonchev–Trinajstić information content (AvgIpc) is 2.06. The van der Waals surface area contributed by atoms with Crippen LogP contribution in [0, 0.1) is 0 Å². The van der Waals surface area contributed by atoms with Gasteiger partial charge in [0.1, 0.15) is 6.29 Å². The minimum atomic E-state index is 0.801. The molecule has 0 saturated carbocycles. The third-order valence-electron chi connectivity index (χ3n) is 0.950. The van der Waals surface area contributed by atoms with Crippen LogP contribution in [-0.2, 0) is 4.79 Å². The van der Waals surface area contributed by atoms with Crippen LogP contribution in [0.25, 0.3) is 0 Å². The van der Waals surface area contributed by atoms with Crippen LogP contribution in [0.5, 0.6) is 0 Å². The van der Waals surface area contributed by atoms with E-state index in [0.717, 1.165) is 19.1 Å². The number of allylic oxidation sites excluding steroid dienone is 4. The van der Waals surface area contributed by atoms with E-state index in [4.69, 9.17) is 0 Å². The van der Waals surface area contributed by atoms with E-state index in [0.29, 0.717) is 0 Å². The molecule has 0 unspecified atom stereocenters. The van der Waals surface area contributed by atoms with Crippen molar-refractivity contribution in [2.24, 2.45) is 5.73 Å². The lowest BCUT2D eigenvalue weighted by Crippen LogP contribution is -1.67. The first-order valence-corrected chi connectivity index (χ1v) is 3.87. The Kier molecular flexibility index (Phi) is 18.1. The zero-order chi connectivity index (χ0) is 9.66. The highest BCUT2D eigenvalue weighted by Gasteiger charge is 1.72. The van der Waals surface area contributed by atoms with E-state index in [1.807, 2.05) is 19.1 Å². The van der Waals surface area contributed by atoms with Crippen LogP contribution in [0.3, 0.4) is 0 Å². The molecule has 0 atom stereocenters. The van der Waals surface area contributed by atoms with Crippen molar-refractivity contribution >= 4 is 6.29 Å². The minimum Gasteiger partial charge on any atom is -0.405 e. The van der Waals surface area contributed by atoms with Crippen molar-refractivity contribution in [3.05, 3.63) is 37.1 Å². The normalized spacial score (nSPS) is 9.42. The van der Waals surface area contributed by atoms with Crippen molar-refractivity contribution < 1.29 is 4.79 Å². The van der Waals surface area contributed by atoms with Gasteiger partial charge in [0, 0.05) is 0 Å². The first-order valence-electron chi connectivity index (χ1n) is 3.87. The Bertz CT molecular complexity index is 148. The molecule has 2 nitrogen and oxygen atoms in total. The molecule has 0 aliphatic rings. The number of rotatable bonds is 4. The maximum absolute atomic E-state index is 9.73. The zero-order valence-corrected chi connectivity index (χ0v) is 7.57. The van der Waals surface area contributed by atoms with Gasteiger partial charge in [0.05, 0.1) is 0 Å². The lowest BCUT2D eigenvalue weighted by Gasteiger charge is -1.81. The van der Waals surface area contributed by atoms with Gasteiger partial charge in [-0.1, -0.05) is 24.8 Å². The summed E-state index contributed by atoms with van der Waals surface area (Å²) in [7, 11) is 0. The second-order valence-corrected chi connectivity index (χ2v) is 1.95. The van der Waals surface area contributed by atoms with Gasteiger partial charge < -0.3 is 5.73 Å². The Hall–Kier alpha value is -1.31. The lowest BCUT2D eigenvalue weighted by atomic mass is 10.3. The molecule has 0 aromatic carbocycles. The summed E-state index contributed by atoms with van der Waals surface area (Å²) in [6, 6.07) is 0. The number of hydrogen-bond acceptors (Lipinski definition) is 2. The number of carbonyl (C=O) groups is 1. The molecule has 0 aliphatic heterocycles. The van der Waals surface area contributed by atoms with Crippen molar-refractivity contribution in [3.8, 4) is 0 Å². The Morgan fingerprint density at radius 3 is 2.25 bits per heavy atom. The molecule has 2 heteroatoms. The summed E-state index contributed by atoms with van der Waals surface area (Å²) in [5, 5.41) is 0. The molecule has 0 aliphatic carbocycles. The monoisotopic (exact) mass is 167 g/mol. The van der Waals surface area contributed by atoms with Gasteiger partial charge >= 0.3 is 0 Å². The number of aldehydes is 1. The molecule has 0 aromatic rings. The Balaban J connectivity index is 0. The number of nitrogens with two attached hydrogens (primary N) is 1. The van der Waals surface area contributed by atoms with Gasteiger partial charge in [-0.2, -0.15) is 0 Å². The van der Waals surface area contributed by atoms with E-state index in [9.17, 15) is 4.79 Å². The highest BCUT2D eigenvalue weighted by Crippen LogP contribution is 1.90. The maximum Gasteiger partial charge on any atom is 0.142 e. The van der Waals surface area contributed by atoms with E-state index in [2.05, 4.69) is 18.4 Å². The average molecular weight is 167 g/mol. The summed E-state index contributed by atoms with van der Waals surface area (Å²) in [6.45, 7) is 5.13. The first kappa shape index (κ1) is 13.3. The standard InChI is InChI=1S/C8H12O.C2H5N/c1-2-3-4-5-6-7-8-9;1-2-3/h2-3,6-8H,4-5H2,1H3;2H,1,3H2/b3-2-,7-6+;. The fourth-order valence-corrected chi connectivity index (χ4v) is 0.511. The van der Waals surface area contributed by atoms with Crippen molar-refractivity contribution in [2.45, 2.75) is 19.8 Å². The third-order valence-corrected chi connectivity index (χ3v) is 0.950. The van der Waals surface area contributed by atoms with Crippen LogP contribution in [0.2, 0.25) is 0 Å². The van der Waals surface area contributed by atoms with Crippen LogP contribution < -0.4 is 5.73 Å². The van der Waals surface area contributed by atoms with Gasteiger partial charge in [0.15, 0.2) is 0 Å². The van der Waals surface area contributed by atoms with E-state index in [-0.39, 0.29) is 0 Å². The van der Waals surface area contributed by atoms with Crippen molar-refractivity contribution in [1.82, 2.24) is 0 Å². The quantitative estimate of drug-likeness (QED) is 0.302. The maximum atomic E-state index is 9.73. The number of carbonyl (C=O) groups excluding carboxylic acids is 1. The molecule has 0 rings (SSSR count). The van der Waals surface area contributed by atoms with Crippen LogP contribution >= 0.6 is 0 Å². The lowest BCUT2D eigenvalue weighted by molar-refractivity contribution is -0.104. The largest absolute Gasteiger partial charge is 0.405 e. The van der Waals surface area contributed by atoms with Gasteiger partial charge in [0.25, 0.3) is 0 Å². The zero-order valence-electron chi connectivity index (χ0n) is 7.57. The van der Waals surface area contributed by atoms with Crippen molar-refractivity contribution in [2.75, 3.05) is 0 Å². The van der Waals surface area contributed by atoms with Gasteiger partial charge in [-0.3, -0.25) is 4.79 Å². The second-order valence-electron chi connectivity index (χ2n) is 1.95. The van der Waals surface area contributed by atoms with Gasteiger partial charge in [0.2, 0.25) is 0 Å². The molecule has 0 spiro atoms. The molecular formula is C10H17NO. The summed E-state index contributed by atoms with van der Waals surface area (Å²) in [5.41, 5.74) is 4.61. The van der Waals surface area contributed by atoms with Gasteiger partial charge in [-0.25, -0.2) is 0 Å². The molecule has 0 saturated heterocycles. The molecular weight excluding hydrogens is 150 g/mol. The second kappa shape index (κ2) is 16.3. The smallest absolute Gasteiger partial charge is 0.142 e. The van der Waals surface area contributed by atoms with Crippen LogP contribution in [0.15, 0.2) is 37.1 Å². The molecule has 68 valence electrons. The van der Waals surface area contributed by atoms with Crippen LogP contribution in [0.1, 0.15) is 19.8 Å². The highest BCUT2D eigenvalue weighted by atomic mass is 16.1. The van der Waals surface area contributed by atoms with Crippen molar-refractivity contribution in [1.29, 1.82) is 0 Å². The van der Waals surface area contributed by atoms with Crippen LogP contribution in [0.4, 0.5) is 0 Å². The number of unbranched alkanes of at least 4 members (excludes halogenated alkanes) is 1. The fraction of sp³-hybridized carbons (Fsp3) is 0.300. The molecule has 0 radical (unpaired) electrons. The molecule has 2 N–H and O–H groups in total. The van der Waals surface area contributed by atoms with E-state index < -0.39 is 0 Å². The molecule has 0 bridgehead atoms. The molecule has 0 aromatic heterocycles. The predicted molar refractivity (Wildman–Crippen MR) is 53.6 cm³/mol. The van der Waals surface area contributed by atoms with Gasteiger partial charge in [-0.05, 0) is 32.0 Å². The highest BCUT2D eigenvalue weighted by molar-refractivity contribution is 5.64. The first-order chi connectivity index (χ1) is 5.83. The minimum absolute atomic E-state index is 0.801. The molecule has 12 heavy (non-hydrogen) atoms. The molecule has 0 heterocycles. The van der Waals surface area contributed by atoms with E-state index >= 15 is 0 Å². The summed E-state index contributed by atoms with van der Waals surface area (Å²) in [6.07, 6.45) is 11.5. The molecule has 0 amide bonds. The summed E-state index contributed by atoms with van der Waals surface area (Å²) in [4.78, 5) is 9.73. The topological polar surface area (TPSA) is 43.1 Å². The fourth-order valence-electron chi connectivity index (χ4n) is 0.511. The Morgan fingerprint density at radius 1 is 1.33 bits per heavy atom. The number of hydrogen-bond donors (Lipinski definition) is 1. The van der Waals surface area contributed by atoms with Crippen LogP contribution in [-0.4, -0.2) is 6.29 Å².